The second kappa shape index (κ2) is 2.58. The van der Waals surface area contributed by atoms with Gasteiger partial charge in [0, 0.05) is 0 Å². The molecule has 0 radical (unpaired) electrons. The van der Waals surface area contributed by atoms with E-state index in [4.69, 9.17) is 0 Å². The molecule has 1 rings (SSSR count). The first-order valence-electron chi connectivity index (χ1n) is 1.80. The van der Waals surface area contributed by atoms with Crippen LogP contribution in [-0.2, 0) is 3.83 Å². The number of hydrogen-bond donors (Lipinski definition) is 0. The third-order valence-corrected chi connectivity index (χ3v) is 6.78. The van der Waals surface area contributed by atoms with E-state index in [1.54, 1.807) is 0 Å². The van der Waals surface area contributed by atoms with Crippen LogP contribution < -0.4 is 0 Å². The summed E-state index contributed by atoms with van der Waals surface area (Å²) in [5.74, 6) is 0. The van der Waals surface area contributed by atoms with E-state index in [0.717, 1.165) is 0 Å². The summed E-state index contributed by atoms with van der Waals surface area (Å²) in [6, 6.07) is 0. The predicted octanol–water partition coefficient (Wildman–Crippen LogP) is 0.232. The van der Waals surface area contributed by atoms with Crippen LogP contribution in [0.2, 0.25) is 0 Å². The Morgan fingerprint density at radius 1 is 1.43 bits per heavy atom. The van der Waals surface area contributed by atoms with Crippen molar-refractivity contribution in [2.45, 2.75) is 0 Å². The summed E-state index contributed by atoms with van der Waals surface area (Å²) in [6.07, 6.45) is 3.82. The Morgan fingerprint density at radius 2 is 2.29 bits per heavy atom. The molecule has 0 saturated heterocycles. The van der Waals surface area contributed by atoms with Gasteiger partial charge in [-0.05, 0) is 0 Å². The van der Waals surface area contributed by atoms with Gasteiger partial charge >= 0.3 is 51.1 Å². The maximum absolute atomic E-state index is 10.6. The van der Waals surface area contributed by atoms with Crippen LogP contribution >= 0.6 is 0 Å². The zero-order valence-electron chi connectivity index (χ0n) is 3.53. The molecule has 1 aliphatic rings. The second-order valence-electron chi connectivity index (χ2n) is 1.01. The van der Waals surface area contributed by atoms with Gasteiger partial charge in [0.05, 0.1) is 0 Å². The summed E-state index contributed by atoms with van der Waals surface area (Å²) >= 11 is -1.12. The van der Waals surface area contributed by atoms with Crippen LogP contribution in [-0.4, -0.2) is 25.1 Å². The topological polar surface area (TPSA) is 17.1 Å². The third kappa shape index (κ3) is 1.70. The molecule has 0 amide bonds. The van der Waals surface area contributed by atoms with Crippen molar-refractivity contribution in [2.75, 3.05) is 0 Å². The zero-order chi connectivity index (χ0) is 5.11. The first-order valence-corrected chi connectivity index (χ1v) is 8.82. The molecule has 0 N–H and O–H groups in total. The first-order chi connectivity index (χ1) is 3.39. The molecular weight excluding hydrogens is 222 g/mol. The van der Waals surface area contributed by atoms with Gasteiger partial charge in [-0.25, -0.2) is 0 Å². The maximum atomic E-state index is 10.6. The van der Waals surface area contributed by atoms with Gasteiger partial charge in [0.15, 0.2) is 0 Å². The molecule has 0 aliphatic carbocycles. The van der Waals surface area contributed by atoms with Crippen LogP contribution in [0.4, 0.5) is 0 Å². The molecule has 0 spiro atoms. The van der Waals surface area contributed by atoms with Gasteiger partial charge in [-0.3, -0.25) is 0 Å². The molecule has 1 atom stereocenters. The third-order valence-electron chi connectivity index (χ3n) is 0.530. The zero-order valence-corrected chi connectivity index (χ0v) is 6.96. The Hall–Kier alpha value is 0.319. The summed E-state index contributed by atoms with van der Waals surface area (Å²) < 4.78 is 10.6. The van der Waals surface area contributed by atoms with Crippen molar-refractivity contribution >= 4 is 25.1 Å². The standard InChI is InChI=1S/C4H4OSe2/c5-7-4-2-1-3-6-7/h1-4H. The summed E-state index contributed by atoms with van der Waals surface area (Å²) in [7, 11) is 0. The normalized spacial score (nSPS) is 28.3. The molecule has 7 heavy (non-hydrogen) atoms. The van der Waals surface area contributed by atoms with Crippen molar-refractivity contribution in [3.05, 3.63) is 22.1 Å². The molecule has 3 heteroatoms. The van der Waals surface area contributed by atoms with Gasteiger partial charge < -0.3 is 0 Å². The van der Waals surface area contributed by atoms with E-state index in [0.29, 0.717) is 13.1 Å². The monoisotopic (exact) mass is 228 g/mol. The van der Waals surface area contributed by atoms with Crippen molar-refractivity contribution in [3.63, 3.8) is 0 Å². The van der Waals surface area contributed by atoms with E-state index in [1.165, 1.54) is 0 Å². The molecule has 1 heterocycles. The molecule has 0 aromatic heterocycles. The Kier molecular flexibility index (Phi) is 2.01. The van der Waals surface area contributed by atoms with Crippen LogP contribution in [0.3, 0.4) is 0 Å². The van der Waals surface area contributed by atoms with E-state index in [2.05, 4.69) is 0 Å². The van der Waals surface area contributed by atoms with E-state index in [-0.39, 0.29) is 0 Å². The van der Waals surface area contributed by atoms with E-state index < -0.39 is 12.0 Å². The molecule has 38 valence electrons. The minimum absolute atomic E-state index is 0.314. The molecule has 0 aromatic rings. The van der Waals surface area contributed by atoms with E-state index in [9.17, 15) is 3.83 Å². The van der Waals surface area contributed by atoms with E-state index in [1.807, 2.05) is 22.1 Å². The Morgan fingerprint density at radius 3 is 2.57 bits per heavy atom. The van der Waals surface area contributed by atoms with Gasteiger partial charge in [0.1, 0.15) is 0 Å². The van der Waals surface area contributed by atoms with Crippen LogP contribution in [0, 0.1) is 0 Å². The van der Waals surface area contributed by atoms with Gasteiger partial charge in [-0.2, -0.15) is 0 Å². The summed E-state index contributed by atoms with van der Waals surface area (Å²) in [6.45, 7) is 0. The van der Waals surface area contributed by atoms with Gasteiger partial charge in [0.25, 0.3) is 0 Å². The summed E-state index contributed by atoms with van der Waals surface area (Å²) in [4.78, 5) is 3.82. The molecule has 0 bridgehead atoms. The summed E-state index contributed by atoms with van der Waals surface area (Å²) in [5, 5.41) is 0. The molecular formula is C4H4OSe2. The van der Waals surface area contributed by atoms with Crippen LogP contribution in [0.15, 0.2) is 22.1 Å². The molecule has 0 aromatic carbocycles. The molecule has 0 saturated carbocycles. The Balaban J connectivity index is 2.66. The molecule has 1 aliphatic heterocycles. The van der Waals surface area contributed by atoms with Gasteiger partial charge in [-0.1, -0.05) is 0 Å². The fourth-order valence-electron chi connectivity index (χ4n) is 0.274. The van der Waals surface area contributed by atoms with Gasteiger partial charge in [-0.15, -0.1) is 0 Å². The number of allylic oxidation sites excluding steroid dienone is 2. The van der Waals surface area contributed by atoms with Gasteiger partial charge in [0.2, 0.25) is 0 Å². The molecule has 0 fully saturated rings. The van der Waals surface area contributed by atoms with Crippen LogP contribution in [0.1, 0.15) is 0 Å². The predicted molar refractivity (Wildman–Crippen MR) is 30.5 cm³/mol. The van der Waals surface area contributed by atoms with Crippen LogP contribution in [0.25, 0.3) is 0 Å². The molecule has 1 nitrogen and oxygen atoms in total. The van der Waals surface area contributed by atoms with Crippen LogP contribution in [0.5, 0.6) is 0 Å². The Labute approximate surface area is 51.3 Å². The van der Waals surface area contributed by atoms with Crippen molar-refractivity contribution in [2.24, 2.45) is 0 Å². The SMILES string of the molecule is O=[Se]1C=CC=C[Se]1. The average Bonchev–Trinajstić information content (AvgIpc) is 1.69. The van der Waals surface area contributed by atoms with E-state index >= 15 is 0 Å². The number of hydrogen-bond acceptors (Lipinski definition) is 1. The molecule has 1 unspecified atom stereocenters. The van der Waals surface area contributed by atoms with Crippen molar-refractivity contribution < 1.29 is 3.83 Å². The number of rotatable bonds is 0. The fraction of sp³-hybridized carbons (Fsp3) is 0. The quantitative estimate of drug-likeness (QED) is 0.540. The Bertz CT molecular complexity index is 137. The summed E-state index contributed by atoms with van der Waals surface area (Å²) in [5.41, 5.74) is 0. The first kappa shape index (κ1) is 5.46. The second-order valence-corrected chi connectivity index (χ2v) is 9.33. The van der Waals surface area contributed by atoms with Crippen molar-refractivity contribution in [1.82, 2.24) is 0 Å². The fourth-order valence-corrected chi connectivity index (χ4v) is 4.71. The average molecular weight is 226 g/mol. The minimum atomic E-state index is -1.44. The van der Waals surface area contributed by atoms with Crippen molar-refractivity contribution in [1.29, 1.82) is 0 Å². The van der Waals surface area contributed by atoms with Crippen molar-refractivity contribution in [3.8, 4) is 0 Å².